The standard InChI is InChI=1S/C16H26O/c1-3-5-7-11-16(17)12-9-6-8-10-15-13-14(15)4-2/h9,12,14-17H,3-5,7,10-11,13H2,1-2H3/b12-9+. The molecular formula is C16H26O. The molecule has 3 unspecified atom stereocenters. The highest BCUT2D eigenvalue weighted by Gasteiger charge is 2.33. The maximum atomic E-state index is 9.62. The molecule has 1 aliphatic rings. The summed E-state index contributed by atoms with van der Waals surface area (Å²) in [4.78, 5) is 0. The maximum absolute atomic E-state index is 9.62. The minimum Gasteiger partial charge on any atom is -0.389 e. The van der Waals surface area contributed by atoms with Crippen molar-refractivity contribution < 1.29 is 5.11 Å². The minimum atomic E-state index is -0.305. The first-order valence-electron chi connectivity index (χ1n) is 7.11. The first-order valence-corrected chi connectivity index (χ1v) is 7.11. The summed E-state index contributed by atoms with van der Waals surface area (Å²) in [5, 5.41) is 9.62. The van der Waals surface area contributed by atoms with Gasteiger partial charge < -0.3 is 5.11 Å². The minimum absolute atomic E-state index is 0.305. The van der Waals surface area contributed by atoms with Crippen LogP contribution in [0.1, 0.15) is 58.8 Å². The second kappa shape index (κ2) is 8.37. The average molecular weight is 234 g/mol. The third kappa shape index (κ3) is 6.54. The lowest BCUT2D eigenvalue weighted by atomic mass is 10.1. The summed E-state index contributed by atoms with van der Waals surface area (Å²) < 4.78 is 0. The maximum Gasteiger partial charge on any atom is 0.0730 e. The molecule has 0 bridgehead atoms. The molecule has 0 aliphatic heterocycles. The summed E-state index contributed by atoms with van der Waals surface area (Å²) in [7, 11) is 0. The summed E-state index contributed by atoms with van der Waals surface area (Å²) in [6.07, 6.45) is 11.4. The monoisotopic (exact) mass is 234 g/mol. The Morgan fingerprint density at radius 1 is 1.29 bits per heavy atom. The van der Waals surface area contributed by atoms with Crippen molar-refractivity contribution in [3.63, 3.8) is 0 Å². The molecule has 96 valence electrons. The zero-order chi connectivity index (χ0) is 12.5. The van der Waals surface area contributed by atoms with Crippen molar-refractivity contribution in [2.75, 3.05) is 0 Å². The summed E-state index contributed by atoms with van der Waals surface area (Å²) >= 11 is 0. The fourth-order valence-corrected chi connectivity index (χ4v) is 2.17. The summed E-state index contributed by atoms with van der Waals surface area (Å²) in [6.45, 7) is 4.43. The molecule has 0 radical (unpaired) electrons. The molecule has 0 aromatic heterocycles. The van der Waals surface area contributed by atoms with E-state index >= 15 is 0 Å². The second-order valence-corrected chi connectivity index (χ2v) is 5.11. The molecule has 17 heavy (non-hydrogen) atoms. The van der Waals surface area contributed by atoms with Crippen LogP contribution in [-0.2, 0) is 0 Å². The Bertz CT molecular complexity index is 282. The van der Waals surface area contributed by atoms with Gasteiger partial charge in [-0.25, -0.2) is 0 Å². The van der Waals surface area contributed by atoms with Crippen molar-refractivity contribution in [2.45, 2.75) is 64.9 Å². The molecular weight excluding hydrogens is 208 g/mol. The number of allylic oxidation sites excluding steroid dienone is 1. The van der Waals surface area contributed by atoms with Gasteiger partial charge in [-0.3, -0.25) is 0 Å². The van der Waals surface area contributed by atoms with Crippen LogP contribution in [0.3, 0.4) is 0 Å². The van der Waals surface area contributed by atoms with E-state index < -0.39 is 0 Å². The van der Waals surface area contributed by atoms with Crippen LogP contribution >= 0.6 is 0 Å². The second-order valence-electron chi connectivity index (χ2n) is 5.11. The third-order valence-electron chi connectivity index (χ3n) is 3.56. The van der Waals surface area contributed by atoms with Crippen LogP contribution in [0.2, 0.25) is 0 Å². The van der Waals surface area contributed by atoms with Crippen LogP contribution in [0.4, 0.5) is 0 Å². The van der Waals surface area contributed by atoms with E-state index in [1.807, 2.05) is 12.2 Å². The Morgan fingerprint density at radius 3 is 2.76 bits per heavy atom. The quantitative estimate of drug-likeness (QED) is 0.523. The molecule has 0 spiro atoms. The van der Waals surface area contributed by atoms with Gasteiger partial charge in [-0.05, 0) is 36.8 Å². The van der Waals surface area contributed by atoms with Crippen LogP contribution in [-0.4, -0.2) is 11.2 Å². The van der Waals surface area contributed by atoms with Gasteiger partial charge in [-0.2, -0.15) is 0 Å². The highest BCUT2D eigenvalue weighted by molar-refractivity contribution is 5.17. The molecule has 1 nitrogen and oxygen atoms in total. The Kier molecular flexibility index (Phi) is 7.05. The fraction of sp³-hybridized carbons (Fsp3) is 0.750. The van der Waals surface area contributed by atoms with Gasteiger partial charge in [0.2, 0.25) is 0 Å². The number of rotatable bonds is 7. The van der Waals surface area contributed by atoms with Crippen molar-refractivity contribution in [2.24, 2.45) is 11.8 Å². The van der Waals surface area contributed by atoms with E-state index in [1.54, 1.807) is 0 Å². The molecule has 1 N–H and O–H groups in total. The predicted molar refractivity (Wildman–Crippen MR) is 73.6 cm³/mol. The summed E-state index contributed by atoms with van der Waals surface area (Å²) in [6, 6.07) is 0. The van der Waals surface area contributed by atoms with Crippen LogP contribution in [0.15, 0.2) is 12.2 Å². The van der Waals surface area contributed by atoms with Crippen LogP contribution in [0.5, 0.6) is 0 Å². The van der Waals surface area contributed by atoms with Crippen molar-refractivity contribution in [1.82, 2.24) is 0 Å². The van der Waals surface area contributed by atoms with E-state index in [1.165, 1.54) is 25.7 Å². The van der Waals surface area contributed by atoms with Crippen LogP contribution in [0.25, 0.3) is 0 Å². The van der Waals surface area contributed by atoms with Gasteiger partial charge in [0.15, 0.2) is 0 Å². The number of unbranched alkanes of at least 4 members (excludes halogenated alkanes) is 2. The molecule has 0 amide bonds. The molecule has 1 rings (SSSR count). The Balaban J connectivity index is 2.06. The van der Waals surface area contributed by atoms with E-state index in [9.17, 15) is 5.11 Å². The lowest BCUT2D eigenvalue weighted by Crippen LogP contribution is -2.00. The molecule has 1 aliphatic carbocycles. The summed E-state index contributed by atoms with van der Waals surface area (Å²) in [5.41, 5.74) is 0. The fourth-order valence-electron chi connectivity index (χ4n) is 2.17. The lowest BCUT2D eigenvalue weighted by Gasteiger charge is -2.02. The van der Waals surface area contributed by atoms with Gasteiger partial charge in [-0.1, -0.05) is 51.4 Å². The molecule has 3 atom stereocenters. The smallest absolute Gasteiger partial charge is 0.0730 e. The van der Waals surface area contributed by atoms with Gasteiger partial charge in [0.25, 0.3) is 0 Å². The highest BCUT2D eigenvalue weighted by atomic mass is 16.3. The van der Waals surface area contributed by atoms with Gasteiger partial charge in [0.1, 0.15) is 0 Å². The zero-order valence-electron chi connectivity index (χ0n) is 11.3. The molecule has 0 aromatic rings. The third-order valence-corrected chi connectivity index (χ3v) is 3.56. The topological polar surface area (TPSA) is 20.2 Å². The van der Waals surface area contributed by atoms with Crippen molar-refractivity contribution in [1.29, 1.82) is 0 Å². The van der Waals surface area contributed by atoms with E-state index in [0.717, 1.165) is 31.1 Å². The Hall–Kier alpha value is -0.740. The van der Waals surface area contributed by atoms with E-state index in [0.29, 0.717) is 0 Å². The zero-order valence-corrected chi connectivity index (χ0v) is 11.3. The largest absolute Gasteiger partial charge is 0.389 e. The summed E-state index contributed by atoms with van der Waals surface area (Å²) in [5.74, 6) is 8.01. The number of hydrogen-bond acceptors (Lipinski definition) is 1. The molecule has 0 saturated heterocycles. The van der Waals surface area contributed by atoms with Gasteiger partial charge in [0, 0.05) is 6.42 Å². The Morgan fingerprint density at radius 2 is 2.12 bits per heavy atom. The van der Waals surface area contributed by atoms with E-state index in [4.69, 9.17) is 0 Å². The molecule has 1 heteroatoms. The highest BCUT2D eigenvalue weighted by Crippen LogP contribution is 2.43. The van der Waals surface area contributed by atoms with E-state index in [-0.39, 0.29) is 6.10 Å². The number of hydrogen-bond donors (Lipinski definition) is 1. The Labute approximate surface area is 106 Å². The van der Waals surface area contributed by atoms with Gasteiger partial charge in [-0.15, -0.1) is 0 Å². The van der Waals surface area contributed by atoms with Crippen LogP contribution in [0, 0.1) is 23.7 Å². The number of aliphatic hydroxyl groups is 1. The SMILES string of the molecule is CCCCCC(O)/C=C/C#CCC1CC1CC. The van der Waals surface area contributed by atoms with Crippen molar-refractivity contribution >= 4 is 0 Å². The van der Waals surface area contributed by atoms with Crippen molar-refractivity contribution in [3.05, 3.63) is 12.2 Å². The van der Waals surface area contributed by atoms with Gasteiger partial charge in [0.05, 0.1) is 6.10 Å². The number of aliphatic hydroxyl groups excluding tert-OH is 1. The first kappa shape index (κ1) is 14.3. The molecule has 0 heterocycles. The average Bonchev–Trinajstić information content (AvgIpc) is 3.08. The van der Waals surface area contributed by atoms with E-state index in [2.05, 4.69) is 25.7 Å². The van der Waals surface area contributed by atoms with Crippen LogP contribution < -0.4 is 0 Å². The molecule has 1 fully saturated rings. The lowest BCUT2D eigenvalue weighted by molar-refractivity contribution is 0.208. The van der Waals surface area contributed by atoms with Crippen molar-refractivity contribution in [3.8, 4) is 11.8 Å². The van der Waals surface area contributed by atoms with Gasteiger partial charge >= 0.3 is 0 Å². The molecule has 0 aromatic carbocycles. The molecule has 1 saturated carbocycles. The first-order chi connectivity index (χ1) is 8.27. The predicted octanol–water partition coefficient (Wildman–Crippen LogP) is 3.92. The normalized spacial score (nSPS) is 24.4.